The van der Waals surface area contributed by atoms with Gasteiger partial charge in [-0.2, -0.15) is 18.7 Å². The third-order valence-corrected chi connectivity index (χ3v) is 9.45. The molecule has 1 amide bonds. The van der Waals surface area contributed by atoms with Crippen LogP contribution in [0.15, 0.2) is 11.7 Å². The smallest absolute Gasteiger partial charge is 0.410 e. The first kappa shape index (κ1) is 32.1. The monoisotopic (exact) mass is 652 g/mol. The lowest BCUT2D eigenvalue weighted by Gasteiger charge is -2.42. The highest BCUT2D eigenvalue weighted by molar-refractivity contribution is 6.30. The number of nitrogens with zero attached hydrogens (tertiary/aromatic N) is 6. The summed E-state index contributed by atoms with van der Waals surface area (Å²) in [4.78, 5) is 32.7. The number of hydrogen-bond donors (Lipinski definition) is 0. The predicted molar refractivity (Wildman–Crippen MR) is 162 cm³/mol. The Labute approximate surface area is 265 Å². The number of pyridine rings is 1. The molecule has 4 fully saturated rings. The van der Waals surface area contributed by atoms with Crippen molar-refractivity contribution in [3.63, 3.8) is 0 Å². The highest BCUT2D eigenvalue weighted by Crippen LogP contribution is 2.47. The Hall–Kier alpha value is -2.90. The maximum absolute atomic E-state index is 15.6. The number of carbonyl (C=O) groups is 1. The third-order valence-electron chi connectivity index (χ3n) is 9.20. The molecule has 14 heteroatoms. The van der Waals surface area contributed by atoms with Gasteiger partial charge in [0.1, 0.15) is 16.9 Å². The maximum Gasteiger partial charge on any atom is 0.410 e. The summed E-state index contributed by atoms with van der Waals surface area (Å²) < 4.78 is 58.9. The standard InChI is InChI=1S/C31H40ClF3N6O4/c1-30(2,3)45-29(42)41-19-5-6-20(41)14-40(13-19)27-22-21(15-43-4)36-25(32)23(33)24(22)37-28(38-27)44-17-31(9-10-31)16-39-11-7-18(8-12-39)26(34)35/h19-20H,5-17H2,1-4H3. The first-order valence-electron chi connectivity index (χ1n) is 15.6. The number of amides is 1. The van der Waals surface area contributed by atoms with Crippen molar-refractivity contribution in [2.24, 2.45) is 5.41 Å². The molecule has 10 nitrogen and oxygen atoms in total. The molecule has 4 aliphatic rings. The van der Waals surface area contributed by atoms with E-state index in [9.17, 15) is 13.6 Å². The molecule has 2 atom stereocenters. The van der Waals surface area contributed by atoms with E-state index < -0.39 is 17.5 Å². The van der Waals surface area contributed by atoms with Crippen LogP contribution in [-0.4, -0.2) is 95.0 Å². The van der Waals surface area contributed by atoms with Crippen molar-refractivity contribution in [3.05, 3.63) is 28.3 Å². The second-order valence-electron chi connectivity index (χ2n) is 13.8. The molecular weight excluding hydrogens is 613 g/mol. The number of carbonyl (C=O) groups excluding carboxylic acids is 1. The summed E-state index contributed by atoms with van der Waals surface area (Å²) in [7, 11) is 1.52. The number of hydrogen-bond acceptors (Lipinski definition) is 9. The average molecular weight is 653 g/mol. The summed E-state index contributed by atoms with van der Waals surface area (Å²) in [6.07, 6.45) is 2.34. The molecule has 3 aliphatic heterocycles. The number of methoxy groups -OCH3 is 1. The lowest BCUT2D eigenvalue weighted by atomic mass is 10.0. The molecule has 1 saturated carbocycles. The number of likely N-dealkylation sites (tertiary alicyclic amines) is 1. The highest BCUT2D eigenvalue weighted by atomic mass is 35.5. The summed E-state index contributed by atoms with van der Waals surface area (Å²) in [5.41, 5.74) is -0.101. The van der Waals surface area contributed by atoms with Crippen LogP contribution in [0.25, 0.3) is 10.9 Å². The number of fused-ring (bicyclic) bond motifs is 3. The molecule has 2 bridgehead atoms. The topological polar surface area (TPSA) is 93.2 Å². The zero-order chi connectivity index (χ0) is 32.1. The number of aromatic nitrogens is 3. The van der Waals surface area contributed by atoms with Crippen LogP contribution in [0.1, 0.15) is 65.0 Å². The van der Waals surface area contributed by atoms with Gasteiger partial charge in [0.05, 0.1) is 36.4 Å². The minimum Gasteiger partial charge on any atom is -0.463 e. The molecule has 246 valence electrons. The van der Waals surface area contributed by atoms with Crippen LogP contribution in [-0.2, 0) is 16.1 Å². The first-order valence-corrected chi connectivity index (χ1v) is 15.9. The van der Waals surface area contributed by atoms with Gasteiger partial charge in [-0.25, -0.2) is 14.2 Å². The van der Waals surface area contributed by atoms with Gasteiger partial charge in [0.2, 0.25) is 0 Å². The number of ether oxygens (including phenoxy) is 3. The molecule has 5 heterocycles. The first-order chi connectivity index (χ1) is 21.4. The van der Waals surface area contributed by atoms with Gasteiger partial charge in [0, 0.05) is 45.2 Å². The fourth-order valence-corrected chi connectivity index (χ4v) is 6.98. The van der Waals surface area contributed by atoms with E-state index in [0.29, 0.717) is 62.5 Å². The molecule has 0 spiro atoms. The summed E-state index contributed by atoms with van der Waals surface area (Å²) in [5, 5.41) is 0.0801. The van der Waals surface area contributed by atoms with E-state index in [-0.39, 0.29) is 52.5 Å². The van der Waals surface area contributed by atoms with E-state index in [4.69, 9.17) is 30.8 Å². The number of rotatable bonds is 8. The fourth-order valence-electron chi connectivity index (χ4n) is 6.78. The normalized spacial score (nSPS) is 23.1. The van der Waals surface area contributed by atoms with Gasteiger partial charge >= 0.3 is 12.1 Å². The van der Waals surface area contributed by atoms with Crippen LogP contribution in [0, 0.1) is 11.2 Å². The van der Waals surface area contributed by atoms with Gasteiger partial charge < -0.3 is 24.0 Å². The van der Waals surface area contributed by atoms with Crippen molar-refractivity contribution in [2.75, 3.05) is 51.3 Å². The molecule has 6 rings (SSSR count). The van der Waals surface area contributed by atoms with Crippen LogP contribution in [0.4, 0.5) is 23.8 Å². The van der Waals surface area contributed by atoms with Crippen LogP contribution >= 0.6 is 11.6 Å². The molecule has 0 radical (unpaired) electrons. The van der Waals surface area contributed by atoms with E-state index in [1.807, 2.05) is 30.6 Å². The van der Waals surface area contributed by atoms with Gasteiger partial charge in [-0.1, -0.05) is 11.6 Å². The number of anilines is 1. The number of piperidine rings is 1. The molecule has 45 heavy (non-hydrogen) atoms. The van der Waals surface area contributed by atoms with Crippen molar-refractivity contribution >= 4 is 34.4 Å². The van der Waals surface area contributed by atoms with Gasteiger partial charge in [-0.05, 0) is 64.9 Å². The molecule has 2 aromatic rings. The minimum atomic E-state index is -1.56. The van der Waals surface area contributed by atoms with Crippen molar-refractivity contribution in [2.45, 2.75) is 83.6 Å². The SMILES string of the molecule is COCc1nc(Cl)c(F)c2nc(OCC3(CN4CCC(=C(F)F)CC4)CC3)nc(N3CC4CCC(C3)N4C(=O)OC(C)(C)C)c12. The van der Waals surface area contributed by atoms with Crippen LogP contribution in [0.3, 0.4) is 0 Å². The molecule has 2 aromatic heterocycles. The van der Waals surface area contributed by atoms with Gasteiger partial charge in [-0.3, -0.25) is 4.90 Å². The van der Waals surface area contributed by atoms with Gasteiger partial charge in [0.25, 0.3) is 6.08 Å². The van der Waals surface area contributed by atoms with Crippen molar-refractivity contribution in [1.82, 2.24) is 24.8 Å². The van der Waals surface area contributed by atoms with E-state index in [0.717, 1.165) is 32.2 Å². The summed E-state index contributed by atoms with van der Waals surface area (Å²) in [5.74, 6) is -0.312. The van der Waals surface area contributed by atoms with Gasteiger partial charge in [0.15, 0.2) is 11.0 Å². The predicted octanol–water partition coefficient (Wildman–Crippen LogP) is 5.96. The van der Waals surface area contributed by atoms with Crippen molar-refractivity contribution in [1.29, 1.82) is 0 Å². The second-order valence-corrected chi connectivity index (χ2v) is 14.1. The zero-order valence-corrected chi connectivity index (χ0v) is 26.9. The van der Waals surface area contributed by atoms with Crippen LogP contribution in [0.2, 0.25) is 5.15 Å². The Morgan fingerprint density at radius 1 is 1.07 bits per heavy atom. The Morgan fingerprint density at radius 3 is 2.31 bits per heavy atom. The number of halogens is 4. The Morgan fingerprint density at radius 2 is 1.73 bits per heavy atom. The van der Waals surface area contributed by atoms with E-state index in [1.54, 1.807) is 0 Å². The summed E-state index contributed by atoms with van der Waals surface area (Å²) in [6.45, 7) is 8.76. The molecule has 0 aromatic carbocycles. The van der Waals surface area contributed by atoms with E-state index in [2.05, 4.69) is 14.9 Å². The van der Waals surface area contributed by atoms with E-state index in [1.165, 1.54) is 7.11 Å². The largest absolute Gasteiger partial charge is 0.463 e. The molecule has 1 aliphatic carbocycles. The Kier molecular flexibility index (Phi) is 8.81. The lowest BCUT2D eigenvalue weighted by molar-refractivity contribution is 0.0122. The van der Waals surface area contributed by atoms with Crippen LogP contribution in [0.5, 0.6) is 6.01 Å². The third kappa shape index (κ3) is 6.80. The number of piperazine rings is 1. The molecule has 3 saturated heterocycles. The Bertz CT molecular complexity index is 1470. The van der Waals surface area contributed by atoms with Crippen molar-refractivity contribution < 1.29 is 32.2 Å². The summed E-state index contributed by atoms with van der Waals surface area (Å²) in [6, 6.07) is -0.187. The quantitative estimate of drug-likeness (QED) is 0.321. The average Bonchev–Trinajstić information content (AvgIpc) is 3.69. The zero-order valence-electron chi connectivity index (χ0n) is 26.2. The van der Waals surface area contributed by atoms with Gasteiger partial charge in [-0.15, -0.1) is 0 Å². The lowest BCUT2D eigenvalue weighted by Crippen LogP contribution is -2.57. The highest BCUT2D eigenvalue weighted by Gasteiger charge is 2.47. The van der Waals surface area contributed by atoms with Crippen molar-refractivity contribution in [3.8, 4) is 6.01 Å². The molecular formula is C31H40ClF3N6O4. The maximum atomic E-state index is 15.6. The minimum absolute atomic E-state index is 0.00240. The second kappa shape index (κ2) is 12.4. The van der Waals surface area contributed by atoms with E-state index >= 15 is 4.39 Å². The Balaban J connectivity index is 1.27. The molecule has 0 N–H and O–H groups in total. The summed E-state index contributed by atoms with van der Waals surface area (Å²) >= 11 is 6.21. The molecule has 2 unspecified atom stereocenters. The van der Waals surface area contributed by atoms with Crippen LogP contribution < -0.4 is 9.64 Å². The fraction of sp³-hybridized carbons (Fsp3) is 0.677.